The van der Waals surface area contributed by atoms with E-state index in [9.17, 15) is 9.59 Å². The molecule has 7 heteroatoms. The lowest BCUT2D eigenvalue weighted by Gasteiger charge is -2.21. The number of esters is 2. The topological polar surface area (TPSA) is 65.5 Å². The third-order valence-corrected chi connectivity index (χ3v) is 4.28. The summed E-state index contributed by atoms with van der Waals surface area (Å²) in [4.78, 5) is 27.6. The zero-order valence-electron chi connectivity index (χ0n) is 13.0. The molecule has 1 heterocycles. The third-order valence-electron chi connectivity index (χ3n) is 2.18. The molecule has 0 saturated heterocycles. The van der Waals surface area contributed by atoms with Crippen LogP contribution >= 0.6 is 23.1 Å². The van der Waals surface area contributed by atoms with Gasteiger partial charge in [-0.1, -0.05) is 11.8 Å². The zero-order chi connectivity index (χ0) is 16.0. The molecule has 1 aromatic rings. The summed E-state index contributed by atoms with van der Waals surface area (Å²) in [6, 6.07) is 0. The van der Waals surface area contributed by atoms with Crippen LogP contribution in [-0.4, -0.2) is 34.4 Å². The van der Waals surface area contributed by atoms with Crippen LogP contribution in [0.15, 0.2) is 9.72 Å². The van der Waals surface area contributed by atoms with Crippen molar-refractivity contribution < 1.29 is 19.1 Å². The monoisotopic (exact) mass is 331 g/mol. The molecule has 0 aliphatic heterocycles. The minimum atomic E-state index is -0.496. The predicted molar refractivity (Wildman–Crippen MR) is 83.6 cm³/mol. The van der Waals surface area contributed by atoms with Crippen LogP contribution in [0.4, 0.5) is 0 Å². The van der Waals surface area contributed by atoms with Crippen LogP contribution in [0.25, 0.3) is 0 Å². The second-order valence-electron chi connectivity index (χ2n) is 5.38. The highest BCUT2D eigenvalue weighted by molar-refractivity contribution is 8.02. The lowest BCUT2D eigenvalue weighted by molar-refractivity contribution is -0.153. The van der Waals surface area contributed by atoms with Crippen LogP contribution in [0.5, 0.6) is 0 Å². The molecular formula is C14H21NO4S2. The lowest BCUT2D eigenvalue weighted by Crippen LogP contribution is -2.28. The van der Waals surface area contributed by atoms with Gasteiger partial charge in [0.1, 0.15) is 10.9 Å². The highest BCUT2D eigenvalue weighted by atomic mass is 32.2. The summed E-state index contributed by atoms with van der Waals surface area (Å²) in [6.07, 6.45) is 0.158. The summed E-state index contributed by atoms with van der Waals surface area (Å²) in [6.45, 7) is 9.42. The van der Waals surface area contributed by atoms with Crippen molar-refractivity contribution in [3.63, 3.8) is 0 Å². The van der Waals surface area contributed by atoms with Crippen LogP contribution in [0.3, 0.4) is 0 Å². The Morgan fingerprint density at radius 3 is 2.67 bits per heavy atom. The maximum atomic E-state index is 11.9. The zero-order valence-corrected chi connectivity index (χ0v) is 14.6. The van der Waals surface area contributed by atoms with Crippen molar-refractivity contribution in [1.82, 2.24) is 4.98 Å². The van der Waals surface area contributed by atoms with Crippen molar-refractivity contribution in [3.05, 3.63) is 11.1 Å². The fourth-order valence-electron chi connectivity index (χ4n) is 1.37. The summed E-state index contributed by atoms with van der Waals surface area (Å²) in [5, 5.41) is 1.46. The molecule has 5 nitrogen and oxygen atoms in total. The van der Waals surface area contributed by atoms with E-state index in [4.69, 9.17) is 9.47 Å². The molecule has 1 aromatic heterocycles. The number of carbonyl (C=O) groups excluding carboxylic acids is 2. The predicted octanol–water partition coefficient (Wildman–Crippen LogP) is 3.07. The molecule has 0 amide bonds. The molecule has 1 unspecified atom stereocenters. The second-order valence-corrected chi connectivity index (χ2v) is 7.83. The van der Waals surface area contributed by atoms with E-state index in [-0.39, 0.29) is 23.6 Å². The lowest BCUT2D eigenvalue weighted by atomic mass is 10.2. The Morgan fingerprint density at radius 1 is 1.43 bits per heavy atom. The standard InChI is InChI=1S/C14H21NO4S2/c1-6-18-11(16)7-10-8-20-13(15-10)21-9(2)12(17)19-14(3,4)5/h8-9H,6-7H2,1-5H3. The average Bonchev–Trinajstić information content (AvgIpc) is 2.74. The van der Waals surface area contributed by atoms with Crippen LogP contribution in [0, 0.1) is 0 Å². The van der Waals surface area contributed by atoms with Gasteiger partial charge in [0.25, 0.3) is 0 Å². The minimum Gasteiger partial charge on any atom is -0.466 e. The molecule has 0 fully saturated rings. The van der Waals surface area contributed by atoms with E-state index in [0.29, 0.717) is 12.3 Å². The van der Waals surface area contributed by atoms with Crippen molar-refractivity contribution in [2.45, 2.75) is 56.2 Å². The first-order chi connectivity index (χ1) is 9.71. The van der Waals surface area contributed by atoms with Gasteiger partial charge in [-0.15, -0.1) is 11.3 Å². The van der Waals surface area contributed by atoms with Gasteiger partial charge < -0.3 is 9.47 Å². The first-order valence-corrected chi connectivity index (χ1v) is 8.46. The van der Waals surface area contributed by atoms with Gasteiger partial charge in [-0.25, -0.2) is 4.98 Å². The van der Waals surface area contributed by atoms with Gasteiger partial charge >= 0.3 is 11.9 Å². The second kappa shape index (κ2) is 7.79. The number of nitrogens with zero attached hydrogens (tertiary/aromatic N) is 1. The first-order valence-electron chi connectivity index (χ1n) is 6.71. The molecule has 0 aliphatic carbocycles. The largest absolute Gasteiger partial charge is 0.466 e. The normalized spacial score (nSPS) is 12.8. The Kier molecular flexibility index (Phi) is 6.67. The fraction of sp³-hybridized carbons (Fsp3) is 0.643. The number of rotatable bonds is 6. The highest BCUT2D eigenvalue weighted by Crippen LogP contribution is 2.28. The van der Waals surface area contributed by atoms with E-state index in [0.717, 1.165) is 4.34 Å². The van der Waals surface area contributed by atoms with Gasteiger partial charge in [0.2, 0.25) is 0 Å². The van der Waals surface area contributed by atoms with Gasteiger partial charge in [-0.05, 0) is 34.6 Å². The van der Waals surface area contributed by atoms with E-state index in [1.807, 2.05) is 20.8 Å². The first kappa shape index (κ1) is 18.0. The Hall–Kier alpha value is -1.08. The fourth-order valence-corrected chi connectivity index (χ4v) is 3.33. The third kappa shape index (κ3) is 6.95. The van der Waals surface area contributed by atoms with Crippen LogP contribution < -0.4 is 0 Å². The molecule has 0 N–H and O–H groups in total. The number of thiazole rings is 1. The van der Waals surface area contributed by atoms with Gasteiger partial charge in [0.05, 0.1) is 18.7 Å². The van der Waals surface area contributed by atoms with Crippen molar-refractivity contribution >= 4 is 35.0 Å². The van der Waals surface area contributed by atoms with Crippen molar-refractivity contribution in [2.75, 3.05) is 6.61 Å². The molecule has 0 aliphatic rings. The molecule has 0 saturated carbocycles. The molecule has 118 valence electrons. The minimum absolute atomic E-state index is 0.158. The van der Waals surface area contributed by atoms with Crippen LogP contribution in [0.2, 0.25) is 0 Å². The van der Waals surface area contributed by atoms with Gasteiger partial charge in [-0.2, -0.15) is 0 Å². The van der Waals surface area contributed by atoms with Crippen molar-refractivity contribution in [1.29, 1.82) is 0 Å². The summed E-state index contributed by atoms with van der Waals surface area (Å²) in [7, 11) is 0. The van der Waals surface area contributed by atoms with Gasteiger partial charge in [0.15, 0.2) is 4.34 Å². The van der Waals surface area contributed by atoms with Gasteiger partial charge in [0, 0.05) is 5.38 Å². The number of hydrogen-bond donors (Lipinski definition) is 0. The number of thioether (sulfide) groups is 1. The number of hydrogen-bond acceptors (Lipinski definition) is 7. The molecule has 0 spiro atoms. The summed E-state index contributed by atoms with van der Waals surface area (Å²) >= 11 is 2.74. The molecule has 0 aromatic carbocycles. The molecular weight excluding hydrogens is 310 g/mol. The molecule has 21 heavy (non-hydrogen) atoms. The van der Waals surface area contributed by atoms with E-state index >= 15 is 0 Å². The highest BCUT2D eigenvalue weighted by Gasteiger charge is 2.23. The quantitative estimate of drug-likeness (QED) is 0.589. The smallest absolute Gasteiger partial charge is 0.319 e. The SMILES string of the molecule is CCOC(=O)Cc1csc(SC(C)C(=O)OC(C)(C)C)n1. The van der Waals surface area contributed by atoms with E-state index in [1.54, 1.807) is 19.2 Å². The summed E-state index contributed by atoms with van der Waals surface area (Å²) in [5.74, 6) is -0.561. The van der Waals surface area contributed by atoms with Crippen LogP contribution in [-0.2, 0) is 25.5 Å². The van der Waals surface area contributed by atoms with Crippen molar-refractivity contribution in [2.24, 2.45) is 0 Å². The Labute approximate surface area is 133 Å². The van der Waals surface area contributed by atoms with Gasteiger partial charge in [-0.3, -0.25) is 9.59 Å². The van der Waals surface area contributed by atoms with Crippen LogP contribution in [0.1, 0.15) is 40.3 Å². The maximum Gasteiger partial charge on any atom is 0.319 e. The molecule has 0 radical (unpaired) electrons. The Balaban J connectivity index is 2.54. The van der Waals surface area contributed by atoms with E-state index in [1.165, 1.54) is 23.1 Å². The molecule has 0 bridgehead atoms. The maximum absolute atomic E-state index is 11.9. The number of carbonyl (C=O) groups is 2. The molecule has 1 rings (SSSR count). The average molecular weight is 331 g/mol. The number of aromatic nitrogens is 1. The Morgan fingerprint density at radius 2 is 2.10 bits per heavy atom. The van der Waals surface area contributed by atoms with E-state index < -0.39 is 5.60 Å². The molecule has 1 atom stereocenters. The van der Waals surface area contributed by atoms with E-state index in [2.05, 4.69) is 4.98 Å². The van der Waals surface area contributed by atoms with Crippen molar-refractivity contribution in [3.8, 4) is 0 Å². The Bertz CT molecular complexity index is 493. The summed E-state index contributed by atoms with van der Waals surface area (Å²) in [5.41, 5.74) is 0.168. The number of ether oxygens (including phenoxy) is 2. The summed E-state index contributed by atoms with van der Waals surface area (Å²) < 4.78 is 10.9.